The summed E-state index contributed by atoms with van der Waals surface area (Å²) in [5.41, 5.74) is 2.92. The molecule has 3 fully saturated rings. The molecule has 2 unspecified atom stereocenters. The molecule has 2 saturated heterocycles. The van der Waals surface area contributed by atoms with Gasteiger partial charge in [-0.2, -0.15) is 0 Å². The average molecular weight is 393 g/mol. The van der Waals surface area contributed by atoms with Gasteiger partial charge >= 0.3 is 6.03 Å². The summed E-state index contributed by atoms with van der Waals surface area (Å²) in [6.45, 7) is 5.33. The Morgan fingerprint density at radius 3 is 2.86 bits per heavy atom. The SMILES string of the molecule is CC1(C)NC(=O)N(c2ccc(Oc3cccc4c3C3(CC3)COC4)nc2)C2OC21. The number of benzene rings is 1. The highest BCUT2D eigenvalue weighted by Gasteiger charge is 2.59. The zero-order valence-corrected chi connectivity index (χ0v) is 16.5. The molecule has 29 heavy (non-hydrogen) atoms. The highest BCUT2D eigenvalue weighted by molar-refractivity contribution is 5.94. The van der Waals surface area contributed by atoms with E-state index in [9.17, 15) is 4.79 Å². The third-order valence-electron chi connectivity index (χ3n) is 6.43. The standard InChI is InChI=1S/C22H23N3O4/c1-21(2)18-19(29-18)25(20(26)24-21)14-6-7-16(23-10-14)28-15-5-3-4-13-11-27-12-22(8-9-22)17(13)15/h3-7,10,18-19H,8-9,11-12H2,1-2H3,(H,24,26). The fourth-order valence-corrected chi connectivity index (χ4v) is 4.66. The van der Waals surface area contributed by atoms with Gasteiger partial charge in [0.15, 0.2) is 6.23 Å². The molecule has 1 spiro atoms. The summed E-state index contributed by atoms with van der Waals surface area (Å²) < 4.78 is 17.7. The lowest BCUT2D eigenvalue weighted by molar-refractivity contribution is 0.0827. The summed E-state index contributed by atoms with van der Waals surface area (Å²) in [7, 11) is 0. The highest BCUT2D eigenvalue weighted by atomic mass is 16.6. The largest absolute Gasteiger partial charge is 0.439 e. The maximum atomic E-state index is 12.5. The van der Waals surface area contributed by atoms with Crippen LogP contribution in [0.3, 0.4) is 0 Å². The fourth-order valence-electron chi connectivity index (χ4n) is 4.66. The molecule has 4 heterocycles. The number of ether oxygens (including phenoxy) is 3. The second-order valence-electron chi connectivity index (χ2n) is 8.99. The minimum Gasteiger partial charge on any atom is -0.439 e. The van der Waals surface area contributed by atoms with Crippen LogP contribution in [0.5, 0.6) is 11.6 Å². The topological polar surface area (TPSA) is 76.2 Å². The van der Waals surface area contributed by atoms with Crippen molar-refractivity contribution in [3.8, 4) is 11.6 Å². The molecule has 0 radical (unpaired) electrons. The van der Waals surface area contributed by atoms with Crippen LogP contribution in [-0.2, 0) is 21.5 Å². The molecule has 2 atom stereocenters. The Morgan fingerprint density at radius 1 is 1.24 bits per heavy atom. The smallest absolute Gasteiger partial charge is 0.324 e. The molecule has 3 aliphatic heterocycles. The molecule has 6 rings (SSSR count). The lowest BCUT2D eigenvalue weighted by atomic mass is 9.89. The van der Waals surface area contributed by atoms with Crippen molar-refractivity contribution < 1.29 is 19.0 Å². The van der Waals surface area contributed by atoms with Gasteiger partial charge in [-0.15, -0.1) is 0 Å². The van der Waals surface area contributed by atoms with E-state index in [-0.39, 0.29) is 29.3 Å². The lowest BCUT2D eigenvalue weighted by Crippen LogP contribution is -2.60. The van der Waals surface area contributed by atoms with Crippen molar-refractivity contribution in [2.45, 2.75) is 56.6 Å². The molecule has 150 valence electrons. The number of hydrogen-bond acceptors (Lipinski definition) is 5. The monoisotopic (exact) mass is 393 g/mol. The van der Waals surface area contributed by atoms with E-state index in [0.717, 1.165) is 25.2 Å². The van der Waals surface area contributed by atoms with Gasteiger partial charge in [-0.3, -0.25) is 4.90 Å². The van der Waals surface area contributed by atoms with Crippen molar-refractivity contribution in [2.75, 3.05) is 11.5 Å². The highest BCUT2D eigenvalue weighted by Crippen LogP contribution is 2.55. The summed E-state index contributed by atoms with van der Waals surface area (Å²) in [6, 6.07) is 9.60. The Hall–Kier alpha value is -2.64. The summed E-state index contributed by atoms with van der Waals surface area (Å²) >= 11 is 0. The van der Waals surface area contributed by atoms with Crippen LogP contribution in [0.25, 0.3) is 0 Å². The summed E-state index contributed by atoms with van der Waals surface area (Å²) in [5.74, 6) is 1.36. The first-order chi connectivity index (χ1) is 14.0. The lowest BCUT2D eigenvalue weighted by Gasteiger charge is -2.34. The Labute approximate surface area is 169 Å². The molecule has 1 aromatic carbocycles. The number of carbonyl (C=O) groups is 1. The van der Waals surface area contributed by atoms with E-state index in [1.54, 1.807) is 17.2 Å². The summed E-state index contributed by atoms with van der Waals surface area (Å²) in [4.78, 5) is 18.6. The van der Waals surface area contributed by atoms with Crippen LogP contribution >= 0.6 is 0 Å². The van der Waals surface area contributed by atoms with Crippen LogP contribution in [-0.4, -0.2) is 35.5 Å². The van der Waals surface area contributed by atoms with Gasteiger partial charge in [-0.25, -0.2) is 9.78 Å². The number of epoxide rings is 1. The number of anilines is 1. The van der Waals surface area contributed by atoms with Gasteiger partial charge in [0.05, 0.1) is 30.6 Å². The van der Waals surface area contributed by atoms with Gasteiger partial charge in [0.2, 0.25) is 5.88 Å². The number of carbonyl (C=O) groups excluding carboxylic acids is 1. The summed E-state index contributed by atoms with van der Waals surface area (Å²) in [5, 5.41) is 2.99. The maximum absolute atomic E-state index is 12.5. The molecular weight excluding hydrogens is 370 g/mol. The number of aromatic nitrogens is 1. The second kappa shape index (κ2) is 5.70. The molecule has 1 saturated carbocycles. The third-order valence-corrected chi connectivity index (χ3v) is 6.43. The van der Waals surface area contributed by atoms with E-state index in [0.29, 0.717) is 18.2 Å². The minimum absolute atomic E-state index is 0.0103. The van der Waals surface area contributed by atoms with Crippen LogP contribution in [0, 0.1) is 0 Å². The number of nitrogens with one attached hydrogen (secondary N) is 1. The number of amides is 2. The Kier molecular flexibility index (Phi) is 3.39. The molecule has 7 heteroatoms. The van der Waals surface area contributed by atoms with Crippen molar-refractivity contribution in [3.05, 3.63) is 47.7 Å². The molecule has 1 aromatic heterocycles. The Bertz CT molecular complexity index is 1000. The van der Waals surface area contributed by atoms with Gasteiger partial charge in [-0.1, -0.05) is 12.1 Å². The van der Waals surface area contributed by atoms with Crippen molar-refractivity contribution in [3.63, 3.8) is 0 Å². The second-order valence-corrected chi connectivity index (χ2v) is 8.99. The van der Waals surface area contributed by atoms with Crippen LogP contribution in [0.4, 0.5) is 10.5 Å². The zero-order chi connectivity index (χ0) is 19.8. The summed E-state index contributed by atoms with van der Waals surface area (Å²) in [6.07, 6.45) is 3.69. The van der Waals surface area contributed by atoms with E-state index < -0.39 is 0 Å². The van der Waals surface area contributed by atoms with Crippen LogP contribution < -0.4 is 15.0 Å². The first-order valence-electron chi connectivity index (χ1n) is 10.1. The van der Waals surface area contributed by atoms with E-state index in [1.165, 1.54) is 11.1 Å². The van der Waals surface area contributed by atoms with Gasteiger partial charge in [0.25, 0.3) is 0 Å². The van der Waals surface area contributed by atoms with E-state index in [1.807, 2.05) is 32.0 Å². The van der Waals surface area contributed by atoms with Crippen LogP contribution in [0.1, 0.15) is 37.8 Å². The molecule has 2 amide bonds. The fraction of sp³-hybridized carbons (Fsp3) is 0.455. The van der Waals surface area contributed by atoms with Crippen LogP contribution in [0.2, 0.25) is 0 Å². The molecule has 0 bridgehead atoms. The van der Waals surface area contributed by atoms with Crippen molar-refractivity contribution in [1.29, 1.82) is 0 Å². The van der Waals surface area contributed by atoms with Gasteiger partial charge in [0, 0.05) is 17.0 Å². The van der Waals surface area contributed by atoms with E-state index in [2.05, 4.69) is 16.4 Å². The molecule has 1 aliphatic carbocycles. The number of urea groups is 1. The minimum atomic E-state index is -0.358. The van der Waals surface area contributed by atoms with Crippen LogP contribution in [0.15, 0.2) is 36.5 Å². The Morgan fingerprint density at radius 2 is 2.10 bits per heavy atom. The normalized spacial score (nSPS) is 27.7. The van der Waals surface area contributed by atoms with Crippen molar-refractivity contribution in [1.82, 2.24) is 10.3 Å². The predicted molar refractivity (Wildman–Crippen MR) is 105 cm³/mol. The molecule has 1 N–H and O–H groups in total. The molecule has 4 aliphatic rings. The van der Waals surface area contributed by atoms with Crippen molar-refractivity contribution in [2.24, 2.45) is 0 Å². The molecular formula is C22H23N3O4. The number of rotatable bonds is 3. The van der Waals surface area contributed by atoms with E-state index >= 15 is 0 Å². The molecule has 2 aromatic rings. The van der Waals surface area contributed by atoms with Gasteiger partial charge < -0.3 is 19.5 Å². The van der Waals surface area contributed by atoms with E-state index in [4.69, 9.17) is 14.2 Å². The third kappa shape index (κ3) is 2.64. The number of pyridine rings is 1. The van der Waals surface area contributed by atoms with Gasteiger partial charge in [0.1, 0.15) is 11.9 Å². The molecule has 7 nitrogen and oxygen atoms in total. The quantitative estimate of drug-likeness (QED) is 0.808. The number of fused-ring (bicyclic) bond motifs is 3. The first kappa shape index (κ1) is 17.2. The average Bonchev–Trinajstić information content (AvgIpc) is 3.60. The number of nitrogens with zero attached hydrogens (tertiary/aromatic N) is 2. The predicted octanol–water partition coefficient (Wildman–Crippen LogP) is 3.47. The van der Waals surface area contributed by atoms with Crippen molar-refractivity contribution >= 4 is 11.7 Å². The Balaban J connectivity index is 1.25. The maximum Gasteiger partial charge on any atom is 0.324 e. The number of hydrogen-bond donors (Lipinski definition) is 1. The first-order valence-corrected chi connectivity index (χ1v) is 10.1. The van der Waals surface area contributed by atoms with Gasteiger partial charge in [-0.05, 0) is 44.4 Å². The zero-order valence-electron chi connectivity index (χ0n) is 16.5.